The van der Waals surface area contributed by atoms with Gasteiger partial charge in [-0.05, 0) is 105 Å². The molecule has 0 radical (unpaired) electrons. The Bertz CT molecular complexity index is 704. The first-order valence-electron chi connectivity index (χ1n) is 12.4. The van der Waals surface area contributed by atoms with E-state index in [1.165, 1.54) is 61.6 Å². The Labute approximate surface area is 185 Å². The first-order chi connectivity index (χ1) is 14.1. The molecule has 2 heteroatoms. The highest BCUT2D eigenvalue weighted by Gasteiger charge is 2.49. The Balaban J connectivity index is 1.83. The molecule has 1 aromatic carbocycles. The first kappa shape index (κ1) is 25.0. The number of carbonyl (C=O) groups is 1. The normalized spacial score (nSPS) is 15.4. The lowest BCUT2D eigenvalue weighted by Gasteiger charge is -2.19. The monoisotopic (exact) mass is 414 g/mol. The fourth-order valence-corrected chi connectivity index (χ4v) is 4.78. The molecule has 1 aliphatic carbocycles. The van der Waals surface area contributed by atoms with Crippen LogP contribution in [0.2, 0.25) is 0 Å². The predicted molar refractivity (Wildman–Crippen MR) is 128 cm³/mol. The number of aryl methyl sites for hydroxylation is 2. The molecule has 0 aliphatic heterocycles. The molecule has 1 fully saturated rings. The van der Waals surface area contributed by atoms with E-state index >= 15 is 0 Å². The Morgan fingerprint density at radius 1 is 0.900 bits per heavy atom. The minimum atomic E-state index is -0.572. The fourth-order valence-electron chi connectivity index (χ4n) is 4.78. The summed E-state index contributed by atoms with van der Waals surface area (Å²) in [5.41, 5.74) is 7.62. The van der Waals surface area contributed by atoms with Gasteiger partial charge in [-0.3, -0.25) is 4.79 Å². The summed E-state index contributed by atoms with van der Waals surface area (Å²) in [6.45, 7) is 13.8. The molecule has 0 amide bonds. The molecule has 0 bridgehead atoms. The van der Waals surface area contributed by atoms with E-state index in [0.717, 1.165) is 38.5 Å². The highest BCUT2D eigenvalue weighted by atomic mass is 16.4. The smallest absolute Gasteiger partial charge is 0.309 e. The SMILES string of the molecule is Cc1cc(CCCCCC2(C(=O)O)CC2)c(CCCCCCC(C)(C)C)c(C)c1C. The molecule has 30 heavy (non-hydrogen) atoms. The second-order valence-corrected chi connectivity index (χ2v) is 11.2. The van der Waals surface area contributed by atoms with Crippen LogP contribution < -0.4 is 0 Å². The topological polar surface area (TPSA) is 37.3 Å². The highest BCUT2D eigenvalue weighted by Crippen LogP contribution is 2.50. The van der Waals surface area contributed by atoms with E-state index in [-0.39, 0.29) is 5.41 Å². The van der Waals surface area contributed by atoms with Gasteiger partial charge >= 0.3 is 5.97 Å². The van der Waals surface area contributed by atoms with Crippen molar-refractivity contribution >= 4 is 5.97 Å². The van der Waals surface area contributed by atoms with Crippen LogP contribution in [-0.4, -0.2) is 11.1 Å². The van der Waals surface area contributed by atoms with Crippen molar-refractivity contribution in [2.45, 2.75) is 125 Å². The molecule has 0 atom stereocenters. The maximum Gasteiger partial charge on any atom is 0.309 e. The summed E-state index contributed by atoms with van der Waals surface area (Å²) in [6, 6.07) is 2.43. The first-order valence-corrected chi connectivity index (χ1v) is 12.4. The summed E-state index contributed by atoms with van der Waals surface area (Å²) in [5, 5.41) is 9.34. The number of carboxylic acid groups (broad SMARTS) is 1. The van der Waals surface area contributed by atoms with Crippen molar-refractivity contribution in [1.29, 1.82) is 0 Å². The molecule has 0 unspecified atom stereocenters. The number of carboxylic acids is 1. The van der Waals surface area contributed by atoms with Gasteiger partial charge in [-0.1, -0.05) is 58.9 Å². The van der Waals surface area contributed by atoms with Gasteiger partial charge in [0, 0.05) is 0 Å². The van der Waals surface area contributed by atoms with Crippen LogP contribution in [0.4, 0.5) is 0 Å². The summed E-state index contributed by atoms with van der Waals surface area (Å²) in [4.78, 5) is 11.3. The van der Waals surface area contributed by atoms with Gasteiger partial charge in [0.05, 0.1) is 5.41 Å². The molecular weight excluding hydrogens is 368 g/mol. The molecule has 1 N–H and O–H groups in total. The minimum Gasteiger partial charge on any atom is -0.481 e. The van der Waals surface area contributed by atoms with Gasteiger partial charge in [-0.25, -0.2) is 0 Å². The second kappa shape index (κ2) is 10.8. The van der Waals surface area contributed by atoms with Crippen LogP contribution in [0.3, 0.4) is 0 Å². The number of hydrogen-bond acceptors (Lipinski definition) is 1. The van der Waals surface area contributed by atoms with Crippen LogP contribution in [0.25, 0.3) is 0 Å². The van der Waals surface area contributed by atoms with E-state index in [9.17, 15) is 9.90 Å². The largest absolute Gasteiger partial charge is 0.481 e. The van der Waals surface area contributed by atoms with Gasteiger partial charge in [-0.2, -0.15) is 0 Å². The van der Waals surface area contributed by atoms with E-state index in [2.05, 4.69) is 47.6 Å². The van der Waals surface area contributed by atoms with Crippen molar-refractivity contribution in [3.05, 3.63) is 33.9 Å². The van der Waals surface area contributed by atoms with E-state index in [0.29, 0.717) is 5.41 Å². The highest BCUT2D eigenvalue weighted by molar-refractivity contribution is 5.77. The van der Waals surface area contributed by atoms with E-state index in [1.54, 1.807) is 11.1 Å². The molecule has 170 valence electrons. The zero-order chi connectivity index (χ0) is 22.4. The van der Waals surface area contributed by atoms with E-state index < -0.39 is 5.97 Å². The predicted octanol–water partition coefficient (Wildman–Crippen LogP) is 8.12. The van der Waals surface area contributed by atoms with Crippen molar-refractivity contribution in [3.63, 3.8) is 0 Å². The number of hydrogen-bond donors (Lipinski definition) is 1. The van der Waals surface area contributed by atoms with Gasteiger partial charge in [0.1, 0.15) is 0 Å². The Morgan fingerprint density at radius 3 is 2.10 bits per heavy atom. The van der Waals surface area contributed by atoms with Gasteiger partial charge in [0.2, 0.25) is 0 Å². The van der Waals surface area contributed by atoms with Gasteiger partial charge in [0.25, 0.3) is 0 Å². The average molecular weight is 415 g/mol. The lowest BCUT2D eigenvalue weighted by Crippen LogP contribution is -2.14. The average Bonchev–Trinajstić information content (AvgIpc) is 3.44. The third-order valence-electron chi connectivity index (χ3n) is 7.40. The number of rotatable bonds is 13. The molecule has 2 rings (SSSR count). The minimum absolute atomic E-state index is 0.352. The number of benzene rings is 1. The summed E-state index contributed by atoms with van der Waals surface area (Å²) < 4.78 is 0. The Hall–Kier alpha value is -1.31. The molecule has 1 aromatic rings. The van der Waals surface area contributed by atoms with E-state index in [4.69, 9.17) is 0 Å². The second-order valence-electron chi connectivity index (χ2n) is 11.2. The quantitative estimate of drug-likeness (QED) is 0.331. The summed E-state index contributed by atoms with van der Waals surface area (Å²) >= 11 is 0. The summed E-state index contributed by atoms with van der Waals surface area (Å²) in [6.07, 6.45) is 15.0. The van der Waals surface area contributed by atoms with Gasteiger partial charge in [0.15, 0.2) is 0 Å². The van der Waals surface area contributed by atoms with Gasteiger partial charge in [-0.15, -0.1) is 0 Å². The van der Waals surface area contributed by atoms with Crippen LogP contribution in [0.5, 0.6) is 0 Å². The van der Waals surface area contributed by atoms with Crippen molar-refractivity contribution in [3.8, 4) is 0 Å². The Kier molecular flexibility index (Phi) is 9.00. The van der Waals surface area contributed by atoms with E-state index in [1.807, 2.05) is 0 Å². The third kappa shape index (κ3) is 7.43. The molecular formula is C28H46O2. The van der Waals surface area contributed by atoms with Gasteiger partial charge < -0.3 is 5.11 Å². The molecule has 0 saturated heterocycles. The van der Waals surface area contributed by atoms with Crippen molar-refractivity contribution in [2.24, 2.45) is 10.8 Å². The fraction of sp³-hybridized carbons (Fsp3) is 0.750. The van der Waals surface area contributed by atoms with Crippen LogP contribution in [0.15, 0.2) is 6.07 Å². The van der Waals surface area contributed by atoms with Crippen molar-refractivity contribution in [1.82, 2.24) is 0 Å². The zero-order valence-electron chi connectivity index (χ0n) is 20.6. The van der Waals surface area contributed by atoms with Crippen LogP contribution in [0.1, 0.15) is 119 Å². The molecule has 0 spiro atoms. The Morgan fingerprint density at radius 2 is 1.50 bits per heavy atom. The standard InChI is InChI=1S/C28H46O2/c1-21-20-24(14-10-9-13-17-28(18-19-28)26(29)30)25(23(3)22(21)2)15-11-7-8-12-16-27(4,5)6/h20H,7-19H2,1-6H3,(H,29,30). The van der Waals surface area contributed by atoms with Crippen molar-refractivity contribution in [2.75, 3.05) is 0 Å². The molecule has 1 saturated carbocycles. The zero-order valence-corrected chi connectivity index (χ0v) is 20.6. The van der Waals surface area contributed by atoms with Crippen LogP contribution >= 0.6 is 0 Å². The van der Waals surface area contributed by atoms with Crippen LogP contribution in [-0.2, 0) is 17.6 Å². The van der Waals surface area contributed by atoms with Crippen LogP contribution in [0, 0.1) is 31.6 Å². The lowest BCUT2D eigenvalue weighted by molar-refractivity contribution is -0.143. The summed E-state index contributed by atoms with van der Waals surface area (Å²) in [7, 11) is 0. The van der Waals surface area contributed by atoms with Crippen molar-refractivity contribution < 1.29 is 9.90 Å². The molecule has 1 aliphatic rings. The lowest BCUT2D eigenvalue weighted by atomic mass is 9.87. The number of unbranched alkanes of at least 4 members (excludes halogenated alkanes) is 5. The third-order valence-corrected chi connectivity index (χ3v) is 7.40. The summed E-state index contributed by atoms with van der Waals surface area (Å²) in [5.74, 6) is -0.572. The maximum absolute atomic E-state index is 11.3. The molecule has 0 aromatic heterocycles. The molecule has 2 nitrogen and oxygen atoms in total. The molecule has 0 heterocycles. The number of aliphatic carboxylic acids is 1. The maximum atomic E-state index is 11.3.